The predicted molar refractivity (Wildman–Crippen MR) is 54.4 cm³/mol. The van der Waals surface area contributed by atoms with Gasteiger partial charge in [-0.25, -0.2) is 4.98 Å². The summed E-state index contributed by atoms with van der Waals surface area (Å²) in [7, 11) is 0. The number of hydrogen-bond acceptors (Lipinski definition) is 2. The van der Waals surface area contributed by atoms with Gasteiger partial charge >= 0.3 is 6.18 Å². The Kier molecular flexibility index (Phi) is 2.79. The van der Waals surface area contributed by atoms with Gasteiger partial charge in [-0.2, -0.15) is 13.2 Å². The van der Waals surface area contributed by atoms with Crippen LogP contribution in [0.1, 0.15) is 11.4 Å². The summed E-state index contributed by atoms with van der Waals surface area (Å²) in [4.78, 5) is 3.27. The van der Waals surface area contributed by atoms with Gasteiger partial charge in [-0.15, -0.1) is 0 Å². The number of phenols is 1. The maximum absolute atomic E-state index is 12.5. The maximum Gasteiger partial charge on any atom is 0.449 e. The second-order valence-corrected chi connectivity index (χ2v) is 3.51. The summed E-state index contributed by atoms with van der Waals surface area (Å²) in [6, 6.07) is 6.26. The lowest BCUT2D eigenvalue weighted by atomic mass is 10.2. The van der Waals surface area contributed by atoms with Gasteiger partial charge in [-0.05, 0) is 6.07 Å². The molecule has 0 spiro atoms. The van der Waals surface area contributed by atoms with Gasteiger partial charge < -0.3 is 9.67 Å². The number of phenolic OH excluding ortho intramolecular Hbond substituents is 1. The molecule has 1 aromatic carbocycles. The minimum atomic E-state index is -4.49. The molecule has 0 fully saturated rings. The van der Waals surface area contributed by atoms with E-state index in [4.69, 9.17) is 0 Å². The minimum Gasteiger partial charge on any atom is -0.508 e. The van der Waals surface area contributed by atoms with Crippen molar-refractivity contribution in [2.24, 2.45) is 0 Å². The molecule has 0 atom stereocenters. The predicted octanol–water partition coefficient (Wildman–Crippen LogP) is 2.66. The Hall–Kier alpha value is -1.98. The lowest BCUT2D eigenvalue weighted by Crippen LogP contribution is -2.15. The highest BCUT2D eigenvalue weighted by Gasteiger charge is 2.36. The summed E-state index contributed by atoms with van der Waals surface area (Å²) in [6.45, 7) is -0.0679. The van der Waals surface area contributed by atoms with Crippen LogP contribution in [0.5, 0.6) is 5.75 Å². The van der Waals surface area contributed by atoms with Crippen molar-refractivity contribution in [3.8, 4) is 5.75 Å². The Morgan fingerprint density at radius 1 is 1.24 bits per heavy atom. The van der Waals surface area contributed by atoms with Crippen molar-refractivity contribution < 1.29 is 18.3 Å². The standard InChI is InChI=1S/C11H9F3N2O/c12-11(13,14)10-15-5-6-16(10)7-8-3-1-2-4-9(8)17/h1-6,17H,7H2. The van der Waals surface area contributed by atoms with E-state index in [1.165, 1.54) is 12.3 Å². The number of hydrogen-bond donors (Lipinski definition) is 1. The smallest absolute Gasteiger partial charge is 0.449 e. The first kappa shape index (κ1) is 11.5. The summed E-state index contributed by atoms with van der Waals surface area (Å²) in [6.07, 6.45) is -2.17. The fraction of sp³-hybridized carbons (Fsp3) is 0.182. The summed E-state index contributed by atoms with van der Waals surface area (Å²) < 4.78 is 38.6. The van der Waals surface area contributed by atoms with Crippen LogP contribution in [0.3, 0.4) is 0 Å². The lowest BCUT2D eigenvalue weighted by Gasteiger charge is -2.11. The van der Waals surface area contributed by atoms with Gasteiger partial charge in [0.05, 0.1) is 6.54 Å². The average Bonchev–Trinajstić information content (AvgIpc) is 2.69. The van der Waals surface area contributed by atoms with Crippen molar-refractivity contribution in [1.82, 2.24) is 9.55 Å². The fourth-order valence-electron chi connectivity index (χ4n) is 1.52. The molecule has 0 unspecified atom stereocenters. The monoisotopic (exact) mass is 242 g/mol. The number of aromatic nitrogens is 2. The van der Waals surface area contributed by atoms with Crippen molar-refractivity contribution in [2.45, 2.75) is 12.7 Å². The quantitative estimate of drug-likeness (QED) is 0.879. The lowest BCUT2D eigenvalue weighted by molar-refractivity contribution is -0.147. The van der Waals surface area contributed by atoms with Gasteiger partial charge in [0.1, 0.15) is 5.75 Å². The van der Waals surface area contributed by atoms with Crippen molar-refractivity contribution in [3.05, 3.63) is 48.0 Å². The second-order valence-electron chi connectivity index (χ2n) is 3.51. The average molecular weight is 242 g/mol. The number of rotatable bonds is 2. The maximum atomic E-state index is 12.5. The number of benzene rings is 1. The van der Waals surface area contributed by atoms with Crippen LogP contribution in [0, 0.1) is 0 Å². The minimum absolute atomic E-state index is 0.0330. The largest absolute Gasteiger partial charge is 0.508 e. The second kappa shape index (κ2) is 4.12. The highest BCUT2D eigenvalue weighted by Crippen LogP contribution is 2.28. The zero-order valence-electron chi connectivity index (χ0n) is 8.65. The molecule has 0 aliphatic heterocycles. The Morgan fingerprint density at radius 2 is 1.94 bits per heavy atom. The third kappa shape index (κ3) is 2.41. The van der Waals surface area contributed by atoms with Gasteiger partial charge in [0.25, 0.3) is 0 Å². The van der Waals surface area contributed by atoms with E-state index in [0.717, 1.165) is 10.8 Å². The third-order valence-corrected chi connectivity index (χ3v) is 2.30. The number of imidazole rings is 1. The molecule has 90 valence electrons. The number of aromatic hydroxyl groups is 1. The van der Waals surface area contributed by atoms with Gasteiger partial charge in [0, 0.05) is 18.0 Å². The van der Waals surface area contributed by atoms with Crippen LogP contribution in [-0.4, -0.2) is 14.7 Å². The summed E-state index contributed by atoms with van der Waals surface area (Å²) in [5.74, 6) is -1.00. The Balaban J connectivity index is 2.32. The first-order valence-electron chi connectivity index (χ1n) is 4.83. The molecule has 1 N–H and O–H groups in total. The normalized spacial score (nSPS) is 11.7. The first-order valence-corrected chi connectivity index (χ1v) is 4.83. The van der Waals surface area contributed by atoms with Crippen LogP contribution in [0.2, 0.25) is 0 Å². The Labute approximate surface area is 95.1 Å². The van der Waals surface area contributed by atoms with E-state index in [2.05, 4.69) is 4.98 Å². The molecular formula is C11H9F3N2O. The molecule has 2 aromatic rings. The molecule has 0 saturated carbocycles. The van der Waals surface area contributed by atoms with Crippen LogP contribution in [0.25, 0.3) is 0 Å². The number of nitrogens with zero attached hydrogens (tertiary/aromatic N) is 2. The van der Waals surface area contributed by atoms with Crippen LogP contribution in [-0.2, 0) is 12.7 Å². The van der Waals surface area contributed by atoms with E-state index in [0.29, 0.717) is 5.56 Å². The molecule has 0 amide bonds. The van der Waals surface area contributed by atoms with Crippen LogP contribution < -0.4 is 0 Å². The molecule has 1 heterocycles. The molecule has 0 aliphatic carbocycles. The molecule has 0 bridgehead atoms. The summed E-state index contributed by atoms with van der Waals surface area (Å²) >= 11 is 0. The van der Waals surface area contributed by atoms with E-state index < -0.39 is 12.0 Å². The molecule has 3 nitrogen and oxygen atoms in total. The molecule has 0 aliphatic rings. The Bertz CT molecular complexity index is 519. The van der Waals surface area contributed by atoms with Gasteiger partial charge in [-0.3, -0.25) is 0 Å². The SMILES string of the molecule is Oc1ccccc1Cn1ccnc1C(F)(F)F. The van der Waals surface area contributed by atoms with Crippen molar-refractivity contribution in [1.29, 1.82) is 0 Å². The van der Waals surface area contributed by atoms with E-state index in [-0.39, 0.29) is 12.3 Å². The highest BCUT2D eigenvalue weighted by molar-refractivity contribution is 5.32. The molecule has 0 radical (unpaired) electrons. The van der Waals surface area contributed by atoms with Crippen LogP contribution in [0.4, 0.5) is 13.2 Å². The van der Waals surface area contributed by atoms with Crippen LogP contribution >= 0.6 is 0 Å². The zero-order chi connectivity index (χ0) is 12.5. The number of alkyl halides is 3. The molecule has 1 aromatic heterocycles. The van der Waals surface area contributed by atoms with Gasteiger partial charge in [0.15, 0.2) is 0 Å². The van der Waals surface area contributed by atoms with Crippen LogP contribution in [0.15, 0.2) is 36.7 Å². The summed E-state index contributed by atoms with van der Waals surface area (Å²) in [5, 5.41) is 9.49. The first-order chi connectivity index (χ1) is 7.98. The summed E-state index contributed by atoms with van der Waals surface area (Å²) in [5.41, 5.74) is 0.413. The molecule has 2 rings (SSSR count). The zero-order valence-corrected chi connectivity index (χ0v) is 8.65. The molecule has 6 heteroatoms. The molecular weight excluding hydrogens is 233 g/mol. The number of halogens is 3. The van der Waals surface area contributed by atoms with E-state index in [1.54, 1.807) is 18.2 Å². The van der Waals surface area contributed by atoms with Gasteiger partial charge in [-0.1, -0.05) is 18.2 Å². The van der Waals surface area contributed by atoms with Crippen molar-refractivity contribution >= 4 is 0 Å². The molecule has 17 heavy (non-hydrogen) atoms. The third-order valence-electron chi connectivity index (χ3n) is 2.30. The van der Waals surface area contributed by atoms with E-state index in [1.807, 2.05) is 0 Å². The molecule has 0 saturated heterocycles. The topological polar surface area (TPSA) is 38.0 Å². The van der Waals surface area contributed by atoms with E-state index in [9.17, 15) is 18.3 Å². The van der Waals surface area contributed by atoms with Gasteiger partial charge in [0.2, 0.25) is 5.82 Å². The fourth-order valence-corrected chi connectivity index (χ4v) is 1.52. The van der Waals surface area contributed by atoms with Crippen molar-refractivity contribution in [2.75, 3.05) is 0 Å². The van der Waals surface area contributed by atoms with E-state index >= 15 is 0 Å². The van der Waals surface area contributed by atoms with Crippen molar-refractivity contribution in [3.63, 3.8) is 0 Å². The number of para-hydroxylation sites is 1. The highest BCUT2D eigenvalue weighted by atomic mass is 19.4. The Morgan fingerprint density at radius 3 is 2.59 bits per heavy atom.